The highest BCUT2D eigenvalue weighted by Gasteiger charge is 2.29. The fourth-order valence-electron chi connectivity index (χ4n) is 3.12. The zero-order valence-corrected chi connectivity index (χ0v) is 15.1. The number of methoxy groups -OCH3 is 1. The molecule has 0 bridgehead atoms. The molecular formula is C19H25N3O3. The molecule has 25 heavy (non-hydrogen) atoms. The smallest absolute Gasteiger partial charge is 0.229 e. The highest BCUT2D eigenvalue weighted by Crippen LogP contribution is 2.31. The highest BCUT2D eigenvalue weighted by atomic mass is 16.5. The lowest BCUT2D eigenvalue weighted by Gasteiger charge is -2.29. The van der Waals surface area contributed by atoms with Crippen LogP contribution >= 0.6 is 0 Å². The van der Waals surface area contributed by atoms with Gasteiger partial charge in [0.15, 0.2) is 0 Å². The van der Waals surface area contributed by atoms with E-state index >= 15 is 0 Å². The maximum atomic E-state index is 12.9. The van der Waals surface area contributed by atoms with Gasteiger partial charge in [0.25, 0.3) is 0 Å². The van der Waals surface area contributed by atoms with Crippen molar-refractivity contribution in [3.8, 4) is 11.5 Å². The van der Waals surface area contributed by atoms with Crippen LogP contribution in [0.4, 0.5) is 0 Å². The van der Waals surface area contributed by atoms with Crippen LogP contribution in [0.15, 0.2) is 30.6 Å². The number of rotatable bonds is 6. The van der Waals surface area contributed by atoms with E-state index < -0.39 is 0 Å². The third kappa shape index (κ3) is 3.78. The summed E-state index contributed by atoms with van der Waals surface area (Å²) in [6.07, 6.45) is 4.52. The van der Waals surface area contributed by atoms with Crippen LogP contribution in [0, 0.1) is 5.92 Å². The molecule has 0 aliphatic carbocycles. The Morgan fingerprint density at radius 1 is 1.44 bits per heavy atom. The Morgan fingerprint density at radius 2 is 2.28 bits per heavy atom. The molecule has 1 aliphatic rings. The molecule has 0 spiro atoms. The summed E-state index contributed by atoms with van der Waals surface area (Å²) in [5, 5.41) is 4.28. The minimum atomic E-state index is -0.151. The molecule has 6 heteroatoms. The first-order valence-corrected chi connectivity index (χ1v) is 8.74. The lowest BCUT2D eigenvalue weighted by atomic mass is 9.95. The molecule has 0 radical (unpaired) electrons. The Kier molecular flexibility index (Phi) is 5.26. The molecule has 1 aromatic carbocycles. The quantitative estimate of drug-likeness (QED) is 0.809. The van der Waals surface area contributed by atoms with Crippen molar-refractivity contribution in [3.63, 3.8) is 0 Å². The Balaban J connectivity index is 1.68. The van der Waals surface area contributed by atoms with Gasteiger partial charge in [-0.2, -0.15) is 5.10 Å². The second-order valence-corrected chi connectivity index (χ2v) is 6.24. The van der Waals surface area contributed by atoms with E-state index in [1.54, 1.807) is 7.11 Å². The Hall–Kier alpha value is -2.50. The number of carbonyl (C=O) groups is 1. The van der Waals surface area contributed by atoms with Gasteiger partial charge in [0.2, 0.25) is 5.91 Å². The van der Waals surface area contributed by atoms with E-state index in [2.05, 4.69) is 5.10 Å². The molecule has 1 amide bonds. The summed E-state index contributed by atoms with van der Waals surface area (Å²) in [5.74, 6) is 1.57. The van der Waals surface area contributed by atoms with Gasteiger partial charge in [0, 0.05) is 37.5 Å². The molecule has 134 valence electrons. The first-order chi connectivity index (χ1) is 12.1. The largest absolute Gasteiger partial charge is 0.497 e. The summed E-state index contributed by atoms with van der Waals surface area (Å²) in [6, 6.07) is 5.77. The van der Waals surface area contributed by atoms with E-state index in [1.165, 1.54) is 0 Å². The van der Waals surface area contributed by atoms with E-state index in [0.717, 1.165) is 29.2 Å². The van der Waals surface area contributed by atoms with Gasteiger partial charge < -0.3 is 14.4 Å². The van der Waals surface area contributed by atoms with Crippen LogP contribution in [0.3, 0.4) is 0 Å². The lowest BCUT2D eigenvalue weighted by molar-refractivity contribution is -0.137. The Bertz CT molecular complexity index is 741. The minimum absolute atomic E-state index is 0.133. The zero-order chi connectivity index (χ0) is 17.8. The second-order valence-electron chi connectivity index (χ2n) is 6.24. The number of aryl methyl sites for hydroxylation is 1. The molecule has 0 saturated carbocycles. The van der Waals surface area contributed by atoms with Crippen LogP contribution in [-0.4, -0.2) is 40.8 Å². The summed E-state index contributed by atoms with van der Waals surface area (Å²) < 4.78 is 12.9. The van der Waals surface area contributed by atoms with Crippen LogP contribution in [0.25, 0.3) is 0 Å². The van der Waals surface area contributed by atoms with Gasteiger partial charge in [-0.15, -0.1) is 0 Å². The maximum Gasteiger partial charge on any atom is 0.229 e. The van der Waals surface area contributed by atoms with Crippen molar-refractivity contribution in [2.45, 2.75) is 33.4 Å². The van der Waals surface area contributed by atoms with Gasteiger partial charge in [-0.3, -0.25) is 9.48 Å². The van der Waals surface area contributed by atoms with Gasteiger partial charge >= 0.3 is 0 Å². The monoisotopic (exact) mass is 343 g/mol. The fourth-order valence-corrected chi connectivity index (χ4v) is 3.12. The predicted octanol–water partition coefficient (Wildman–Crippen LogP) is 2.51. The normalized spacial score (nSPS) is 16.0. The van der Waals surface area contributed by atoms with Crippen molar-refractivity contribution in [1.82, 2.24) is 14.7 Å². The van der Waals surface area contributed by atoms with Crippen LogP contribution in [-0.2, 0) is 24.3 Å². The topological polar surface area (TPSA) is 56.6 Å². The first kappa shape index (κ1) is 17.3. The van der Waals surface area contributed by atoms with Crippen molar-refractivity contribution in [2.24, 2.45) is 5.92 Å². The van der Waals surface area contributed by atoms with Gasteiger partial charge in [-0.1, -0.05) is 6.07 Å². The van der Waals surface area contributed by atoms with Crippen LogP contribution < -0.4 is 9.47 Å². The van der Waals surface area contributed by atoms with Crippen molar-refractivity contribution in [1.29, 1.82) is 0 Å². The SMILES string of the molecule is CCN(Cc1cnn(CC)c1)C(=O)[C@H]1COc2cc(OC)ccc2C1. The summed E-state index contributed by atoms with van der Waals surface area (Å²) >= 11 is 0. The number of ether oxygens (including phenoxy) is 2. The van der Waals surface area contributed by atoms with Crippen molar-refractivity contribution < 1.29 is 14.3 Å². The number of carbonyl (C=O) groups excluding carboxylic acids is 1. The maximum absolute atomic E-state index is 12.9. The first-order valence-electron chi connectivity index (χ1n) is 8.74. The second kappa shape index (κ2) is 7.59. The van der Waals surface area contributed by atoms with Gasteiger partial charge in [0.1, 0.15) is 18.1 Å². The van der Waals surface area contributed by atoms with Gasteiger partial charge in [-0.05, 0) is 31.9 Å². The molecule has 1 aliphatic heterocycles. The molecule has 1 aromatic heterocycles. The molecule has 2 heterocycles. The summed E-state index contributed by atoms with van der Waals surface area (Å²) in [5.41, 5.74) is 2.11. The van der Waals surface area contributed by atoms with Crippen molar-refractivity contribution in [2.75, 3.05) is 20.3 Å². The number of hydrogen-bond donors (Lipinski definition) is 0. The lowest BCUT2D eigenvalue weighted by Crippen LogP contribution is -2.40. The summed E-state index contributed by atoms with van der Waals surface area (Å²) in [7, 11) is 1.64. The number of amides is 1. The molecular weight excluding hydrogens is 318 g/mol. The number of benzene rings is 1. The predicted molar refractivity (Wildman–Crippen MR) is 94.7 cm³/mol. The van der Waals surface area contributed by atoms with E-state index in [-0.39, 0.29) is 11.8 Å². The third-order valence-corrected chi connectivity index (χ3v) is 4.61. The van der Waals surface area contributed by atoms with Crippen molar-refractivity contribution >= 4 is 5.91 Å². The van der Waals surface area contributed by atoms with E-state index in [1.807, 2.05) is 54.0 Å². The van der Waals surface area contributed by atoms with Crippen LogP contribution in [0.1, 0.15) is 25.0 Å². The van der Waals surface area contributed by atoms with E-state index in [4.69, 9.17) is 9.47 Å². The van der Waals surface area contributed by atoms with E-state index in [0.29, 0.717) is 26.1 Å². The number of nitrogens with zero attached hydrogens (tertiary/aromatic N) is 3. The molecule has 2 aromatic rings. The summed E-state index contributed by atoms with van der Waals surface area (Å²) in [6.45, 7) is 6.54. The molecule has 6 nitrogen and oxygen atoms in total. The molecule has 0 fully saturated rings. The van der Waals surface area contributed by atoms with E-state index in [9.17, 15) is 4.79 Å². The summed E-state index contributed by atoms with van der Waals surface area (Å²) in [4.78, 5) is 14.8. The Labute approximate surface area is 148 Å². The zero-order valence-electron chi connectivity index (χ0n) is 15.1. The van der Waals surface area contributed by atoms with Gasteiger partial charge in [0.05, 0.1) is 19.2 Å². The Morgan fingerprint density at radius 3 is 2.96 bits per heavy atom. The van der Waals surface area contributed by atoms with Gasteiger partial charge in [-0.25, -0.2) is 0 Å². The molecule has 0 unspecified atom stereocenters. The highest BCUT2D eigenvalue weighted by molar-refractivity contribution is 5.79. The van der Waals surface area contributed by atoms with Crippen LogP contribution in [0.2, 0.25) is 0 Å². The number of aromatic nitrogens is 2. The minimum Gasteiger partial charge on any atom is -0.497 e. The number of fused-ring (bicyclic) bond motifs is 1. The molecule has 0 saturated heterocycles. The number of hydrogen-bond acceptors (Lipinski definition) is 4. The third-order valence-electron chi connectivity index (χ3n) is 4.61. The molecule has 0 N–H and O–H groups in total. The fraction of sp³-hybridized carbons (Fsp3) is 0.474. The molecule has 1 atom stereocenters. The average molecular weight is 343 g/mol. The van der Waals surface area contributed by atoms with Crippen LogP contribution in [0.5, 0.6) is 11.5 Å². The molecule has 3 rings (SSSR count). The average Bonchev–Trinajstić information content (AvgIpc) is 3.12. The van der Waals surface area contributed by atoms with Crippen molar-refractivity contribution in [3.05, 3.63) is 41.7 Å². The standard InChI is InChI=1S/C19H25N3O3/c1-4-21(11-14-10-20-22(5-2)12-14)19(23)16-8-15-6-7-17(24-3)9-18(15)25-13-16/h6-7,9-10,12,16H,4-5,8,11,13H2,1-3H3/t16-/m1/s1.